The molecule has 1 saturated heterocycles. The van der Waals surface area contributed by atoms with Crippen molar-refractivity contribution >= 4 is 16.8 Å². The quantitative estimate of drug-likeness (QED) is 0.895. The molecule has 1 atom stereocenters. The summed E-state index contributed by atoms with van der Waals surface area (Å²) in [5.41, 5.74) is 3.22. The number of aromatic nitrogens is 1. The van der Waals surface area contributed by atoms with Crippen LogP contribution in [0.5, 0.6) is 0 Å². The molecular formula is C16H18N2O. The number of pyridine rings is 1. The SMILES string of the molecule is Cc1cc(CC2(C)CCC(=O)N2)c2ccccc2n1. The minimum atomic E-state index is -0.117. The number of rotatable bonds is 2. The number of nitrogens with one attached hydrogen (secondary N) is 1. The maximum atomic E-state index is 11.5. The zero-order chi connectivity index (χ0) is 13.5. The summed E-state index contributed by atoms with van der Waals surface area (Å²) in [7, 11) is 0. The maximum Gasteiger partial charge on any atom is 0.220 e. The second-order valence-electron chi connectivity index (χ2n) is 5.73. The van der Waals surface area contributed by atoms with E-state index in [9.17, 15) is 4.79 Å². The molecule has 0 saturated carbocycles. The van der Waals surface area contributed by atoms with Crippen LogP contribution in [0.3, 0.4) is 0 Å². The van der Waals surface area contributed by atoms with Crippen LogP contribution in [0.4, 0.5) is 0 Å². The first kappa shape index (κ1) is 12.2. The predicted octanol–water partition coefficient (Wildman–Crippen LogP) is 2.75. The molecule has 0 aliphatic carbocycles. The summed E-state index contributed by atoms with van der Waals surface area (Å²) >= 11 is 0. The van der Waals surface area contributed by atoms with Gasteiger partial charge < -0.3 is 5.32 Å². The molecule has 0 spiro atoms. The van der Waals surface area contributed by atoms with Crippen LogP contribution in [-0.2, 0) is 11.2 Å². The fraction of sp³-hybridized carbons (Fsp3) is 0.375. The Morgan fingerprint density at radius 2 is 2.16 bits per heavy atom. The topological polar surface area (TPSA) is 42.0 Å². The van der Waals surface area contributed by atoms with Crippen molar-refractivity contribution in [3.8, 4) is 0 Å². The Hall–Kier alpha value is -1.90. The highest BCUT2D eigenvalue weighted by Gasteiger charge is 2.33. The van der Waals surface area contributed by atoms with Gasteiger partial charge in [0, 0.05) is 23.0 Å². The lowest BCUT2D eigenvalue weighted by atomic mass is 9.89. The summed E-state index contributed by atoms with van der Waals surface area (Å²) in [5, 5.41) is 4.29. The fourth-order valence-electron chi connectivity index (χ4n) is 2.95. The smallest absolute Gasteiger partial charge is 0.220 e. The number of benzene rings is 1. The van der Waals surface area contributed by atoms with Crippen LogP contribution < -0.4 is 5.32 Å². The summed E-state index contributed by atoms with van der Waals surface area (Å²) in [6, 6.07) is 10.3. The van der Waals surface area contributed by atoms with Crippen molar-refractivity contribution < 1.29 is 4.79 Å². The van der Waals surface area contributed by atoms with Crippen LogP contribution >= 0.6 is 0 Å². The molecule has 2 heterocycles. The highest BCUT2D eigenvalue weighted by atomic mass is 16.2. The average Bonchev–Trinajstić information content (AvgIpc) is 2.69. The number of carbonyl (C=O) groups is 1. The zero-order valence-electron chi connectivity index (χ0n) is 11.4. The van der Waals surface area contributed by atoms with Crippen LogP contribution in [0.15, 0.2) is 30.3 Å². The number of aryl methyl sites for hydroxylation is 1. The van der Waals surface area contributed by atoms with Gasteiger partial charge in [-0.1, -0.05) is 18.2 Å². The Morgan fingerprint density at radius 3 is 2.89 bits per heavy atom. The third kappa shape index (κ3) is 2.33. The molecule has 3 heteroatoms. The Kier molecular flexibility index (Phi) is 2.77. The van der Waals surface area contributed by atoms with Crippen molar-refractivity contribution in [2.24, 2.45) is 0 Å². The van der Waals surface area contributed by atoms with E-state index < -0.39 is 0 Å². The molecule has 98 valence electrons. The van der Waals surface area contributed by atoms with Crippen molar-refractivity contribution in [1.82, 2.24) is 10.3 Å². The second-order valence-corrected chi connectivity index (χ2v) is 5.73. The van der Waals surface area contributed by atoms with Gasteiger partial charge in [0.1, 0.15) is 0 Å². The molecule has 1 N–H and O–H groups in total. The van der Waals surface area contributed by atoms with Crippen molar-refractivity contribution in [2.75, 3.05) is 0 Å². The molecule has 1 aromatic carbocycles. The van der Waals surface area contributed by atoms with Gasteiger partial charge in [0.2, 0.25) is 5.91 Å². The van der Waals surface area contributed by atoms with Gasteiger partial charge in [-0.05, 0) is 44.4 Å². The molecule has 1 fully saturated rings. The highest BCUT2D eigenvalue weighted by Crippen LogP contribution is 2.28. The molecule has 0 bridgehead atoms. The number of fused-ring (bicyclic) bond motifs is 1. The molecule has 1 aromatic heterocycles. The summed E-state index contributed by atoms with van der Waals surface area (Å²) in [6.45, 7) is 4.15. The number of nitrogens with zero attached hydrogens (tertiary/aromatic N) is 1. The molecule has 0 radical (unpaired) electrons. The summed E-state index contributed by atoms with van der Waals surface area (Å²) in [4.78, 5) is 16.0. The van der Waals surface area contributed by atoms with Gasteiger partial charge >= 0.3 is 0 Å². The van der Waals surface area contributed by atoms with Crippen molar-refractivity contribution in [3.05, 3.63) is 41.6 Å². The molecule has 1 aliphatic rings. The molecule has 19 heavy (non-hydrogen) atoms. The molecule has 3 rings (SSSR count). The lowest BCUT2D eigenvalue weighted by Crippen LogP contribution is -2.40. The van der Waals surface area contributed by atoms with E-state index in [2.05, 4.69) is 29.4 Å². The first-order valence-electron chi connectivity index (χ1n) is 6.72. The summed E-state index contributed by atoms with van der Waals surface area (Å²) in [5.74, 6) is 0.164. The van der Waals surface area contributed by atoms with Crippen LogP contribution in [-0.4, -0.2) is 16.4 Å². The minimum absolute atomic E-state index is 0.117. The number of hydrogen-bond acceptors (Lipinski definition) is 2. The van der Waals surface area contributed by atoms with Gasteiger partial charge in [0.05, 0.1) is 5.52 Å². The molecule has 1 amide bonds. The van der Waals surface area contributed by atoms with Crippen LogP contribution in [0, 0.1) is 6.92 Å². The van der Waals surface area contributed by atoms with E-state index >= 15 is 0 Å². The van der Waals surface area contributed by atoms with Crippen molar-refractivity contribution in [3.63, 3.8) is 0 Å². The van der Waals surface area contributed by atoms with Crippen LogP contribution in [0.2, 0.25) is 0 Å². The summed E-state index contributed by atoms with van der Waals surface area (Å²) < 4.78 is 0. The molecule has 2 aromatic rings. The lowest BCUT2D eigenvalue weighted by Gasteiger charge is -2.24. The largest absolute Gasteiger partial charge is 0.351 e. The van der Waals surface area contributed by atoms with Gasteiger partial charge in [-0.25, -0.2) is 0 Å². The van der Waals surface area contributed by atoms with Crippen molar-refractivity contribution in [1.29, 1.82) is 0 Å². The Morgan fingerprint density at radius 1 is 1.37 bits per heavy atom. The van der Waals surface area contributed by atoms with Gasteiger partial charge in [-0.2, -0.15) is 0 Å². The van der Waals surface area contributed by atoms with E-state index in [0.29, 0.717) is 6.42 Å². The lowest BCUT2D eigenvalue weighted by molar-refractivity contribution is -0.119. The molecule has 1 unspecified atom stereocenters. The zero-order valence-corrected chi connectivity index (χ0v) is 11.4. The molecule has 3 nitrogen and oxygen atoms in total. The number of amides is 1. The van der Waals surface area contributed by atoms with E-state index in [1.54, 1.807) is 0 Å². The van der Waals surface area contributed by atoms with E-state index in [4.69, 9.17) is 0 Å². The van der Waals surface area contributed by atoms with Crippen LogP contribution in [0.1, 0.15) is 31.0 Å². The Labute approximate surface area is 113 Å². The second kappa shape index (κ2) is 4.34. The first-order chi connectivity index (χ1) is 9.06. The van der Waals surface area contributed by atoms with E-state index in [0.717, 1.165) is 24.1 Å². The standard InChI is InChI=1S/C16H18N2O/c1-11-9-12(10-16(2)8-7-15(19)18-16)13-5-3-4-6-14(13)17-11/h3-6,9H,7-8,10H2,1-2H3,(H,18,19). The number of hydrogen-bond donors (Lipinski definition) is 1. The maximum absolute atomic E-state index is 11.5. The van der Waals surface area contributed by atoms with Gasteiger partial charge in [0.25, 0.3) is 0 Å². The van der Waals surface area contributed by atoms with Gasteiger partial charge in [0.15, 0.2) is 0 Å². The monoisotopic (exact) mass is 254 g/mol. The van der Waals surface area contributed by atoms with Gasteiger partial charge in [-0.15, -0.1) is 0 Å². The molecule has 1 aliphatic heterocycles. The predicted molar refractivity (Wildman–Crippen MR) is 76.0 cm³/mol. The van der Waals surface area contributed by atoms with E-state index in [1.165, 1.54) is 10.9 Å². The summed E-state index contributed by atoms with van der Waals surface area (Å²) in [6.07, 6.45) is 2.41. The Balaban J connectivity index is 2.03. The average molecular weight is 254 g/mol. The third-order valence-electron chi connectivity index (χ3n) is 3.86. The number of para-hydroxylation sites is 1. The van der Waals surface area contributed by atoms with Crippen molar-refractivity contribution in [2.45, 2.75) is 38.6 Å². The third-order valence-corrected chi connectivity index (χ3v) is 3.86. The molecular weight excluding hydrogens is 236 g/mol. The minimum Gasteiger partial charge on any atom is -0.351 e. The first-order valence-corrected chi connectivity index (χ1v) is 6.72. The van der Waals surface area contributed by atoms with E-state index in [1.807, 2.05) is 25.1 Å². The Bertz CT molecular complexity index is 650. The number of carbonyl (C=O) groups excluding carboxylic acids is 1. The normalized spacial score (nSPS) is 22.7. The fourth-order valence-corrected chi connectivity index (χ4v) is 2.95. The highest BCUT2D eigenvalue weighted by molar-refractivity contribution is 5.83. The van der Waals surface area contributed by atoms with Crippen LogP contribution in [0.25, 0.3) is 10.9 Å². The van der Waals surface area contributed by atoms with E-state index in [-0.39, 0.29) is 11.4 Å². The van der Waals surface area contributed by atoms with Gasteiger partial charge in [-0.3, -0.25) is 9.78 Å².